The average Bonchev–Trinajstić information content (AvgIpc) is 2.28. The highest BCUT2D eigenvalue weighted by molar-refractivity contribution is 5.19. The number of unbranched alkanes of at least 4 members (excludes halogenated alkanes) is 1. The van der Waals surface area contributed by atoms with Crippen molar-refractivity contribution < 1.29 is 0 Å². The van der Waals surface area contributed by atoms with Crippen molar-refractivity contribution in [2.24, 2.45) is 0 Å². The first-order valence-corrected chi connectivity index (χ1v) is 4.79. The highest BCUT2D eigenvalue weighted by Gasteiger charge is 1.95. The summed E-state index contributed by atoms with van der Waals surface area (Å²) in [5, 5.41) is 0. The second kappa shape index (κ2) is 5.17. The maximum atomic E-state index is 2.40. The van der Waals surface area contributed by atoms with E-state index in [4.69, 9.17) is 0 Å². The maximum Gasteiger partial charge on any atom is -0.0282 e. The van der Waals surface area contributed by atoms with Crippen LogP contribution in [-0.4, -0.2) is 0 Å². The van der Waals surface area contributed by atoms with Crippen LogP contribution in [0.4, 0.5) is 0 Å². The Hall–Kier alpha value is -0.520. The maximum absolute atomic E-state index is 2.40. The summed E-state index contributed by atoms with van der Waals surface area (Å²) in [5.41, 5.74) is 1.56. The molecule has 0 saturated carbocycles. The molecular formula is C11H18. The Balaban J connectivity index is 2.34. The molecule has 0 aromatic carbocycles. The van der Waals surface area contributed by atoms with Gasteiger partial charge in [-0.1, -0.05) is 37.1 Å². The van der Waals surface area contributed by atoms with Crippen LogP contribution < -0.4 is 0 Å². The van der Waals surface area contributed by atoms with Crippen LogP contribution in [0.15, 0.2) is 23.8 Å². The molecule has 0 saturated heterocycles. The van der Waals surface area contributed by atoms with Gasteiger partial charge in [0, 0.05) is 0 Å². The molecular weight excluding hydrogens is 132 g/mol. The van der Waals surface area contributed by atoms with Crippen molar-refractivity contribution in [1.29, 1.82) is 0 Å². The van der Waals surface area contributed by atoms with Crippen molar-refractivity contribution in [2.75, 3.05) is 0 Å². The molecule has 1 aliphatic rings. The van der Waals surface area contributed by atoms with E-state index in [1.165, 1.54) is 38.5 Å². The van der Waals surface area contributed by atoms with E-state index >= 15 is 0 Å². The van der Waals surface area contributed by atoms with E-state index in [1.807, 2.05) is 0 Å². The quantitative estimate of drug-likeness (QED) is 0.573. The van der Waals surface area contributed by atoms with Crippen molar-refractivity contribution in [3.8, 4) is 0 Å². The van der Waals surface area contributed by atoms with E-state index in [2.05, 4.69) is 25.2 Å². The molecule has 0 amide bonds. The molecule has 0 nitrogen and oxygen atoms in total. The largest absolute Gasteiger partial charge is 0.0843 e. The van der Waals surface area contributed by atoms with Gasteiger partial charge in [0.2, 0.25) is 0 Å². The highest BCUT2D eigenvalue weighted by atomic mass is 14.0. The third-order valence-electron chi connectivity index (χ3n) is 2.13. The second-order valence-electron chi connectivity index (χ2n) is 3.22. The second-order valence-corrected chi connectivity index (χ2v) is 3.22. The fourth-order valence-corrected chi connectivity index (χ4v) is 1.39. The third kappa shape index (κ3) is 3.41. The van der Waals surface area contributed by atoms with Crippen LogP contribution in [0, 0.1) is 0 Å². The topological polar surface area (TPSA) is 0 Å². The van der Waals surface area contributed by atoms with E-state index in [0.29, 0.717) is 0 Å². The Morgan fingerprint density at radius 3 is 3.09 bits per heavy atom. The van der Waals surface area contributed by atoms with Crippen LogP contribution in [0.2, 0.25) is 0 Å². The van der Waals surface area contributed by atoms with E-state index in [0.717, 1.165) is 0 Å². The van der Waals surface area contributed by atoms with Gasteiger partial charge in [-0.25, -0.2) is 0 Å². The molecule has 0 fully saturated rings. The highest BCUT2D eigenvalue weighted by Crippen LogP contribution is 2.15. The fraction of sp³-hybridized carbons (Fsp3) is 0.636. The molecule has 1 aliphatic carbocycles. The van der Waals surface area contributed by atoms with Crippen LogP contribution in [-0.2, 0) is 0 Å². The van der Waals surface area contributed by atoms with Gasteiger partial charge in [0.15, 0.2) is 0 Å². The van der Waals surface area contributed by atoms with Gasteiger partial charge in [-0.15, -0.1) is 0 Å². The predicted molar refractivity (Wildman–Crippen MR) is 50.6 cm³/mol. The average molecular weight is 150 g/mol. The summed E-state index contributed by atoms with van der Waals surface area (Å²) in [6.07, 6.45) is 14.9. The van der Waals surface area contributed by atoms with Crippen LogP contribution in [0.1, 0.15) is 45.4 Å². The van der Waals surface area contributed by atoms with E-state index in [1.54, 1.807) is 5.57 Å². The van der Waals surface area contributed by atoms with Gasteiger partial charge in [-0.2, -0.15) is 0 Å². The van der Waals surface area contributed by atoms with Crippen LogP contribution in [0.5, 0.6) is 0 Å². The van der Waals surface area contributed by atoms with Crippen LogP contribution in [0.25, 0.3) is 0 Å². The minimum Gasteiger partial charge on any atom is -0.0843 e. The van der Waals surface area contributed by atoms with Crippen LogP contribution in [0.3, 0.4) is 0 Å². The summed E-state index contributed by atoms with van der Waals surface area (Å²) >= 11 is 0. The van der Waals surface area contributed by atoms with Gasteiger partial charge in [0.1, 0.15) is 0 Å². The lowest BCUT2D eigenvalue weighted by Gasteiger charge is -1.97. The van der Waals surface area contributed by atoms with E-state index in [9.17, 15) is 0 Å². The molecule has 0 bridgehead atoms. The number of hydrogen-bond acceptors (Lipinski definition) is 0. The fourth-order valence-electron chi connectivity index (χ4n) is 1.39. The summed E-state index contributed by atoms with van der Waals surface area (Å²) < 4.78 is 0. The van der Waals surface area contributed by atoms with E-state index < -0.39 is 0 Å². The van der Waals surface area contributed by atoms with Gasteiger partial charge in [0.05, 0.1) is 0 Å². The molecule has 0 heteroatoms. The summed E-state index contributed by atoms with van der Waals surface area (Å²) in [6, 6.07) is 0. The monoisotopic (exact) mass is 150 g/mol. The van der Waals surface area contributed by atoms with Gasteiger partial charge in [-0.3, -0.25) is 0 Å². The number of allylic oxidation sites excluding steroid dienone is 4. The Morgan fingerprint density at radius 2 is 2.27 bits per heavy atom. The molecule has 0 aromatic heterocycles. The molecule has 0 radical (unpaired) electrons. The molecule has 0 atom stereocenters. The lowest BCUT2D eigenvalue weighted by atomic mass is 10.1. The standard InChI is InChI=1S/C11H18/c1-2-3-8-11-9-6-4-5-7-10-11/h6,9-10H,2-5,7-8H2,1H3. The molecule has 0 aromatic rings. The summed E-state index contributed by atoms with van der Waals surface area (Å²) in [6.45, 7) is 2.25. The van der Waals surface area contributed by atoms with Crippen LogP contribution >= 0.6 is 0 Å². The Kier molecular flexibility index (Phi) is 4.03. The molecule has 1 rings (SSSR count). The zero-order chi connectivity index (χ0) is 7.94. The minimum absolute atomic E-state index is 1.27. The molecule has 11 heavy (non-hydrogen) atoms. The molecule has 0 N–H and O–H groups in total. The van der Waals surface area contributed by atoms with Gasteiger partial charge < -0.3 is 0 Å². The Labute approximate surface area is 70.0 Å². The summed E-state index contributed by atoms with van der Waals surface area (Å²) in [7, 11) is 0. The number of rotatable bonds is 3. The summed E-state index contributed by atoms with van der Waals surface area (Å²) in [4.78, 5) is 0. The SMILES string of the molecule is CCCCC1=CCCCC=C1. The van der Waals surface area contributed by atoms with Crippen molar-refractivity contribution in [2.45, 2.75) is 45.4 Å². The van der Waals surface area contributed by atoms with Gasteiger partial charge in [-0.05, 0) is 32.1 Å². The smallest absolute Gasteiger partial charge is 0.0282 e. The minimum atomic E-state index is 1.27. The van der Waals surface area contributed by atoms with Crippen molar-refractivity contribution in [3.05, 3.63) is 23.8 Å². The zero-order valence-electron chi connectivity index (χ0n) is 7.47. The Bertz CT molecular complexity index is 151. The summed E-state index contributed by atoms with van der Waals surface area (Å²) in [5.74, 6) is 0. The predicted octanol–water partition coefficient (Wildman–Crippen LogP) is 3.84. The molecule has 0 heterocycles. The lowest BCUT2D eigenvalue weighted by Crippen LogP contribution is -1.77. The molecule has 0 unspecified atom stereocenters. The Morgan fingerprint density at radius 1 is 1.36 bits per heavy atom. The van der Waals surface area contributed by atoms with Gasteiger partial charge in [0.25, 0.3) is 0 Å². The molecule has 0 aliphatic heterocycles. The van der Waals surface area contributed by atoms with E-state index in [-0.39, 0.29) is 0 Å². The van der Waals surface area contributed by atoms with Crippen molar-refractivity contribution in [3.63, 3.8) is 0 Å². The first-order valence-electron chi connectivity index (χ1n) is 4.79. The van der Waals surface area contributed by atoms with Gasteiger partial charge >= 0.3 is 0 Å². The normalized spacial score (nSPS) is 17.7. The van der Waals surface area contributed by atoms with Crippen molar-refractivity contribution in [1.82, 2.24) is 0 Å². The zero-order valence-corrected chi connectivity index (χ0v) is 7.47. The van der Waals surface area contributed by atoms with Crippen molar-refractivity contribution >= 4 is 0 Å². The lowest BCUT2D eigenvalue weighted by molar-refractivity contribution is 0.793. The third-order valence-corrected chi connectivity index (χ3v) is 2.13. The first kappa shape index (κ1) is 8.58. The molecule has 62 valence electrons. The number of hydrogen-bond donors (Lipinski definition) is 0. The first-order chi connectivity index (χ1) is 5.43. The molecule has 0 spiro atoms.